The first kappa shape index (κ1) is 13.3. The number of hydrogen-bond acceptors (Lipinski definition) is 4. The predicted molar refractivity (Wildman–Crippen MR) is 71.8 cm³/mol. The Kier molecular flexibility index (Phi) is 3.14. The highest BCUT2D eigenvalue weighted by atomic mass is 16.6. The fraction of sp³-hybridized carbons (Fsp3) is 0.357. The Morgan fingerprint density at radius 1 is 1.32 bits per heavy atom. The zero-order chi connectivity index (χ0) is 14.2. The summed E-state index contributed by atoms with van der Waals surface area (Å²) in [6.45, 7) is 5.41. The van der Waals surface area contributed by atoms with E-state index in [2.05, 4.69) is 0 Å². The lowest BCUT2D eigenvalue weighted by atomic mass is 10.2. The summed E-state index contributed by atoms with van der Waals surface area (Å²) in [5.74, 6) is 0.355. The number of ether oxygens (including phenoxy) is 2. The molecule has 1 N–H and O–H groups in total. The number of rotatable bonds is 1. The molecule has 1 heterocycles. The Bertz CT molecular complexity index is 622. The van der Waals surface area contributed by atoms with E-state index in [4.69, 9.17) is 9.47 Å². The van der Waals surface area contributed by atoms with E-state index < -0.39 is 11.7 Å². The lowest BCUT2D eigenvalue weighted by Crippen LogP contribution is -2.26. The first-order valence-corrected chi connectivity index (χ1v) is 5.93. The Labute approximate surface area is 111 Å². The van der Waals surface area contributed by atoms with Crippen LogP contribution in [0.25, 0.3) is 10.9 Å². The van der Waals surface area contributed by atoms with E-state index in [-0.39, 0.29) is 5.75 Å². The third-order valence-electron chi connectivity index (χ3n) is 2.58. The van der Waals surface area contributed by atoms with Crippen molar-refractivity contribution in [3.05, 3.63) is 24.4 Å². The van der Waals surface area contributed by atoms with Gasteiger partial charge in [0.15, 0.2) is 11.5 Å². The summed E-state index contributed by atoms with van der Waals surface area (Å²) in [7, 11) is 1.48. The molecule has 2 rings (SSSR count). The first-order valence-electron chi connectivity index (χ1n) is 5.93. The number of fused-ring (bicyclic) bond motifs is 1. The van der Waals surface area contributed by atoms with Gasteiger partial charge in [0, 0.05) is 17.6 Å². The monoisotopic (exact) mass is 263 g/mol. The molecule has 0 radical (unpaired) electrons. The molecule has 0 amide bonds. The Morgan fingerprint density at radius 3 is 2.58 bits per heavy atom. The maximum atomic E-state index is 12.0. The van der Waals surface area contributed by atoms with Gasteiger partial charge < -0.3 is 14.6 Å². The highest BCUT2D eigenvalue weighted by Gasteiger charge is 2.19. The maximum Gasteiger partial charge on any atom is 0.418 e. The molecule has 19 heavy (non-hydrogen) atoms. The summed E-state index contributed by atoms with van der Waals surface area (Å²) < 4.78 is 11.7. The van der Waals surface area contributed by atoms with Crippen LogP contribution in [-0.4, -0.2) is 28.5 Å². The largest absolute Gasteiger partial charge is 0.504 e. The number of phenols is 1. The first-order chi connectivity index (χ1) is 8.81. The van der Waals surface area contributed by atoms with E-state index >= 15 is 0 Å². The standard InChI is InChI=1S/C14H17NO4/c1-14(2,3)19-13(17)15-6-5-9-7-12(18-4)11(16)8-10(9)15/h5-8,16H,1-4H3. The van der Waals surface area contributed by atoms with Crippen LogP contribution in [0.2, 0.25) is 0 Å². The van der Waals surface area contributed by atoms with Crippen molar-refractivity contribution in [2.75, 3.05) is 7.11 Å². The zero-order valence-corrected chi connectivity index (χ0v) is 11.4. The molecule has 0 spiro atoms. The van der Waals surface area contributed by atoms with Crippen molar-refractivity contribution in [3.8, 4) is 11.5 Å². The van der Waals surface area contributed by atoms with Crippen LogP contribution in [0.5, 0.6) is 11.5 Å². The van der Waals surface area contributed by atoms with Gasteiger partial charge in [0.1, 0.15) is 5.60 Å². The molecule has 2 aromatic rings. The van der Waals surface area contributed by atoms with Crippen LogP contribution >= 0.6 is 0 Å². The minimum Gasteiger partial charge on any atom is -0.504 e. The van der Waals surface area contributed by atoms with Gasteiger partial charge in [0.05, 0.1) is 12.6 Å². The molecule has 1 aromatic heterocycles. The van der Waals surface area contributed by atoms with Gasteiger partial charge in [-0.1, -0.05) is 0 Å². The van der Waals surface area contributed by atoms with Gasteiger partial charge in [0.25, 0.3) is 0 Å². The van der Waals surface area contributed by atoms with Crippen LogP contribution in [0.15, 0.2) is 24.4 Å². The number of carbonyl (C=O) groups is 1. The molecular formula is C14H17NO4. The van der Waals surface area contributed by atoms with Crippen molar-refractivity contribution >= 4 is 17.0 Å². The van der Waals surface area contributed by atoms with Crippen LogP contribution < -0.4 is 4.74 Å². The predicted octanol–water partition coefficient (Wildman–Crippen LogP) is 3.14. The molecule has 102 valence electrons. The normalized spacial score (nSPS) is 11.6. The van der Waals surface area contributed by atoms with Crippen LogP contribution in [0.1, 0.15) is 20.8 Å². The SMILES string of the molecule is COc1cc2ccn(C(=O)OC(C)(C)C)c2cc1O. The van der Waals surface area contributed by atoms with Gasteiger partial charge in [-0.05, 0) is 32.9 Å². The molecule has 0 aliphatic carbocycles. The van der Waals surface area contributed by atoms with Gasteiger partial charge in [-0.2, -0.15) is 0 Å². The fourth-order valence-corrected chi connectivity index (χ4v) is 1.78. The summed E-state index contributed by atoms with van der Waals surface area (Å²) in [5, 5.41) is 10.6. The molecule has 5 nitrogen and oxygen atoms in total. The highest BCUT2D eigenvalue weighted by Crippen LogP contribution is 2.31. The van der Waals surface area contributed by atoms with Crippen molar-refractivity contribution < 1.29 is 19.4 Å². The number of phenolic OH excluding ortho intramolecular Hbond substituents is 1. The molecule has 0 bridgehead atoms. The van der Waals surface area contributed by atoms with E-state index in [1.54, 1.807) is 39.1 Å². The second-order valence-electron chi connectivity index (χ2n) is 5.25. The highest BCUT2D eigenvalue weighted by molar-refractivity contribution is 5.91. The lowest BCUT2D eigenvalue weighted by Gasteiger charge is -2.19. The smallest absolute Gasteiger partial charge is 0.418 e. The minimum absolute atomic E-state index is 0.0153. The minimum atomic E-state index is -0.567. The molecule has 0 aliphatic rings. The van der Waals surface area contributed by atoms with Crippen molar-refractivity contribution in [2.45, 2.75) is 26.4 Å². The van der Waals surface area contributed by atoms with E-state index in [1.807, 2.05) is 0 Å². The number of carbonyl (C=O) groups excluding carboxylic acids is 1. The number of benzene rings is 1. The van der Waals surface area contributed by atoms with Gasteiger partial charge in [-0.3, -0.25) is 4.57 Å². The zero-order valence-electron chi connectivity index (χ0n) is 11.4. The van der Waals surface area contributed by atoms with Crippen LogP contribution in [0.4, 0.5) is 4.79 Å². The fourth-order valence-electron chi connectivity index (χ4n) is 1.78. The van der Waals surface area contributed by atoms with E-state index in [1.165, 1.54) is 17.7 Å². The second-order valence-corrected chi connectivity index (χ2v) is 5.25. The topological polar surface area (TPSA) is 60.7 Å². The summed E-state index contributed by atoms with van der Waals surface area (Å²) in [4.78, 5) is 12.0. The number of aromatic nitrogens is 1. The van der Waals surface area contributed by atoms with Crippen LogP contribution in [0.3, 0.4) is 0 Å². The number of methoxy groups -OCH3 is 1. The Morgan fingerprint density at radius 2 is 2.00 bits per heavy atom. The van der Waals surface area contributed by atoms with Crippen molar-refractivity contribution in [1.29, 1.82) is 0 Å². The average molecular weight is 263 g/mol. The van der Waals surface area contributed by atoms with Gasteiger partial charge >= 0.3 is 6.09 Å². The summed E-state index contributed by atoms with van der Waals surface area (Å²) in [6.07, 6.45) is 1.13. The van der Waals surface area contributed by atoms with Gasteiger partial charge in [-0.25, -0.2) is 4.79 Å². The summed E-state index contributed by atoms with van der Waals surface area (Å²) >= 11 is 0. The maximum absolute atomic E-state index is 12.0. The molecule has 0 fully saturated rings. The van der Waals surface area contributed by atoms with E-state index in [9.17, 15) is 9.90 Å². The molecule has 0 unspecified atom stereocenters. The molecule has 5 heteroatoms. The van der Waals surface area contributed by atoms with E-state index in [0.29, 0.717) is 11.3 Å². The van der Waals surface area contributed by atoms with Crippen molar-refractivity contribution in [2.24, 2.45) is 0 Å². The van der Waals surface area contributed by atoms with Gasteiger partial charge in [-0.15, -0.1) is 0 Å². The average Bonchev–Trinajstić information content (AvgIpc) is 2.68. The quantitative estimate of drug-likeness (QED) is 0.858. The van der Waals surface area contributed by atoms with Gasteiger partial charge in [0.2, 0.25) is 0 Å². The third kappa shape index (κ3) is 2.65. The van der Waals surface area contributed by atoms with Crippen molar-refractivity contribution in [3.63, 3.8) is 0 Å². The Balaban J connectivity index is 2.46. The molecule has 0 saturated carbocycles. The Hall–Kier alpha value is -2.17. The summed E-state index contributed by atoms with van der Waals surface area (Å²) in [5.41, 5.74) is 0.00917. The third-order valence-corrected chi connectivity index (χ3v) is 2.58. The number of nitrogens with zero attached hydrogens (tertiary/aromatic N) is 1. The second kappa shape index (κ2) is 4.50. The van der Waals surface area contributed by atoms with E-state index in [0.717, 1.165) is 5.39 Å². The number of aromatic hydroxyl groups is 1. The molecular weight excluding hydrogens is 246 g/mol. The lowest BCUT2D eigenvalue weighted by molar-refractivity contribution is 0.0544. The molecule has 0 saturated heterocycles. The molecule has 1 aromatic carbocycles. The molecule has 0 aliphatic heterocycles. The number of hydrogen-bond donors (Lipinski definition) is 1. The van der Waals surface area contributed by atoms with Crippen LogP contribution in [-0.2, 0) is 4.74 Å². The molecule has 0 atom stereocenters. The summed E-state index contributed by atoms with van der Waals surface area (Å²) in [6, 6.07) is 4.92. The van der Waals surface area contributed by atoms with Crippen molar-refractivity contribution in [1.82, 2.24) is 4.57 Å². The van der Waals surface area contributed by atoms with Crippen LogP contribution in [0, 0.1) is 0 Å².